The van der Waals surface area contributed by atoms with Gasteiger partial charge in [0.05, 0.1) is 25.9 Å². The highest BCUT2D eigenvalue weighted by atomic mass is 16.6. The number of urea groups is 1. The molecule has 4 aliphatic rings. The van der Waals surface area contributed by atoms with Gasteiger partial charge < -0.3 is 71.2 Å². The number of hydrogen-bond acceptors (Lipinski definition) is 19. The summed E-state index contributed by atoms with van der Waals surface area (Å²) in [6, 6.07) is 39.8. The summed E-state index contributed by atoms with van der Waals surface area (Å²) in [6.07, 6.45) is -5.42. The summed E-state index contributed by atoms with van der Waals surface area (Å²) >= 11 is 0. The third-order valence-corrected chi connectivity index (χ3v) is 15.8. The first-order valence-corrected chi connectivity index (χ1v) is 27.1. The number of aromatic nitrogens is 8. The van der Waals surface area contributed by atoms with E-state index in [4.69, 9.17) is 29.4 Å². The fourth-order valence-electron chi connectivity index (χ4n) is 11.5. The minimum atomic E-state index is -1.37. The minimum absolute atomic E-state index is 0.0538. The molecule has 12 rings (SSSR count). The Morgan fingerprint density at radius 3 is 1.23 bits per heavy atom. The number of aliphatic hydroxyl groups is 6. The Labute approximate surface area is 459 Å². The standard InChI is InChI=1S/C57H64N14O9/c72-29-41-45(74)47(76)53(79-41)70-31-60-43-49(58-25-39(33-13-5-1-6-14-33)34-15-7-2-8-16-34)64-55(66-51(43)70)68-23-21-37(27-68)62-57(78)63-38-22-24-69(28-38)56-65-50(59-26-40(35-17-9-3-10-18-35)36-19-11-4-12-20-36)44-52(67-56)71(32-61-44)54-48(77)46(75)42(30-73)80-54/h1-20,31-32,37-42,45-48,53-54,72-77H,21-30H2,(H,58,64,66)(H,59,65,67)(H2,62,63,78)/t37-,38+,41-,42-,45-,46-,47-,48-,53-,54-/m1/s1. The van der Waals surface area contributed by atoms with E-state index in [-0.39, 0.29) is 30.0 Å². The average Bonchev–Trinajstić information content (AvgIpc) is 4.39. The van der Waals surface area contributed by atoms with Crippen LogP contribution in [0.25, 0.3) is 22.3 Å². The summed E-state index contributed by atoms with van der Waals surface area (Å²) in [6.45, 7) is 1.72. The topological polar surface area (TPSA) is 299 Å². The lowest BCUT2D eigenvalue weighted by atomic mass is 9.91. The van der Waals surface area contributed by atoms with E-state index in [1.54, 1.807) is 9.13 Å². The molecule has 23 heteroatoms. The molecular weight excluding hydrogens is 1020 g/mol. The van der Waals surface area contributed by atoms with Gasteiger partial charge in [0.15, 0.2) is 46.4 Å². The van der Waals surface area contributed by atoms with E-state index in [0.29, 0.717) is 98.0 Å². The predicted molar refractivity (Wildman–Crippen MR) is 296 cm³/mol. The quantitative estimate of drug-likeness (QED) is 0.0591. The van der Waals surface area contributed by atoms with Crippen molar-refractivity contribution in [1.29, 1.82) is 0 Å². The van der Waals surface area contributed by atoms with E-state index in [0.717, 1.165) is 22.3 Å². The fourth-order valence-corrected chi connectivity index (χ4v) is 11.5. The number of imidazole rings is 2. The summed E-state index contributed by atoms with van der Waals surface area (Å²) in [5.74, 6) is 1.52. The molecule has 2 amide bonds. The number of nitrogens with zero attached hydrogens (tertiary/aromatic N) is 10. The van der Waals surface area contributed by atoms with Crippen LogP contribution in [-0.4, -0.2) is 177 Å². The van der Waals surface area contributed by atoms with Crippen molar-refractivity contribution in [3.05, 3.63) is 156 Å². The van der Waals surface area contributed by atoms with Crippen molar-refractivity contribution < 1.29 is 44.9 Å². The van der Waals surface area contributed by atoms with Crippen LogP contribution in [0.4, 0.5) is 28.3 Å². The van der Waals surface area contributed by atoms with Crippen LogP contribution in [-0.2, 0) is 9.47 Å². The van der Waals surface area contributed by atoms with Crippen LogP contribution in [0.2, 0.25) is 0 Å². The first-order valence-electron chi connectivity index (χ1n) is 27.1. The van der Waals surface area contributed by atoms with Crippen LogP contribution < -0.4 is 31.1 Å². The fraction of sp³-hybridized carbons (Fsp3) is 0.386. The predicted octanol–water partition coefficient (Wildman–Crippen LogP) is 2.83. The first-order chi connectivity index (χ1) is 39.1. The Morgan fingerprint density at radius 1 is 0.525 bits per heavy atom. The number of ether oxygens (including phenoxy) is 2. The van der Waals surface area contributed by atoms with E-state index in [9.17, 15) is 35.4 Å². The molecule has 80 heavy (non-hydrogen) atoms. The van der Waals surface area contributed by atoms with Crippen LogP contribution in [0.15, 0.2) is 134 Å². The number of nitrogens with one attached hydrogen (secondary N) is 4. The summed E-state index contributed by atoms with van der Waals surface area (Å²) in [7, 11) is 0. The second kappa shape index (κ2) is 23.1. The minimum Gasteiger partial charge on any atom is -0.394 e. The number of carbonyl (C=O) groups is 1. The molecule has 4 aromatic heterocycles. The number of carbonyl (C=O) groups excluding carboxylic acids is 1. The summed E-state index contributed by atoms with van der Waals surface area (Å²) in [4.78, 5) is 47.2. The molecule has 10 atom stereocenters. The lowest BCUT2D eigenvalue weighted by Gasteiger charge is -2.22. The SMILES string of the molecule is O=C(N[C@@H]1CCN(c2nc(NCC(c3ccccc3)c3ccccc3)c3ncn([C@@H]4O[C@H](CO)[C@@H](O)[C@H]4O)c3n2)C1)N[C@H]1CCN(c2nc(NCC(c3ccccc3)c3ccccc3)c3ncn([C@@H]4O[C@H](CO)[C@@H](O)[C@H]4O)c3n2)C1. The highest BCUT2D eigenvalue weighted by Gasteiger charge is 2.46. The maximum absolute atomic E-state index is 13.9. The van der Waals surface area contributed by atoms with Gasteiger partial charge >= 0.3 is 6.03 Å². The summed E-state index contributed by atoms with van der Waals surface area (Å²) in [5.41, 5.74) is 5.97. The molecule has 0 aliphatic carbocycles. The molecule has 416 valence electrons. The third-order valence-electron chi connectivity index (χ3n) is 15.8. The van der Waals surface area contributed by atoms with Gasteiger partial charge in [-0.05, 0) is 35.1 Å². The number of anilines is 4. The number of hydrogen-bond donors (Lipinski definition) is 10. The molecule has 4 aliphatic heterocycles. The molecule has 4 aromatic carbocycles. The van der Waals surface area contributed by atoms with Gasteiger partial charge in [-0.25, -0.2) is 14.8 Å². The van der Waals surface area contributed by atoms with Crippen molar-refractivity contribution >= 4 is 51.9 Å². The highest BCUT2D eigenvalue weighted by molar-refractivity contribution is 5.86. The maximum atomic E-state index is 13.9. The van der Waals surface area contributed by atoms with E-state index in [2.05, 4.69) is 79.8 Å². The number of amides is 2. The Bertz CT molecular complexity index is 3080. The van der Waals surface area contributed by atoms with Crippen LogP contribution in [0.3, 0.4) is 0 Å². The van der Waals surface area contributed by atoms with Crippen LogP contribution in [0.5, 0.6) is 0 Å². The van der Waals surface area contributed by atoms with Crippen molar-refractivity contribution in [3.63, 3.8) is 0 Å². The van der Waals surface area contributed by atoms with E-state index >= 15 is 0 Å². The van der Waals surface area contributed by atoms with Gasteiger partial charge in [0.1, 0.15) is 36.6 Å². The van der Waals surface area contributed by atoms with Crippen LogP contribution >= 0.6 is 0 Å². The molecule has 4 fully saturated rings. The second-order valence-corrected chi connectivity index (χ2v) is 20.8. The third kappa shape index (κ3) is 10.6. The number of rotatable bonds is 18. The summed E-state index contributed by atoms with van der Waals surface area (Å²) < 4.78 is 15.0. The molecule has 0 saturated carbocycles. The first kappa shape index (κ1) is 52.8. The smallest absolute Gasteiger partial charge is 0.315 e. The van der Waals surface area contributed by atoms with E-state index in [1.165, 1.54) is 12.7 Å². The molecule has 8 aromatic rings. The largest absolute Gasteiger partial charge is 0.394 e. The van der Waals surface area contributed by atoms with Crippen LogP contribution in [0, 0.1) is 0 Å². The van der Waals surface area contributed by atoms with Gasteiger partial charge in [0, 0.05) is 63.2 Å². The molecule has 8 heterocycles. The highest BCUT2D eigenvalue weighted by Crippen LogP contribution is 2.37. The molecule has 4 saturated heterocycles. The Morgan fingerprint density at radius 2 is 0.887 bits per heavy atom. The van der Waals surface area contributed by atoms with Gasteiger partial charge in [-0.2, -0.15) is 19.9 Å². The molecule has 23 nitrogen and oxygen atoms in total. The van der Waals surface area contributed by atoms with Crippen molar-refractivity contribution in [2.24, 2.45) is 0 Å². The lowest BCUT2D eigenvalue weighted by Crippen LogP contribution is -2.48. The Balaban J connectivity index is 0.758. The van der Waals surface area contributed by atoms with Gasteiger partial charge in [0.2, 0.25) is 11.9 Å². The lowest BCUT2D eigenvalue weighted by molar-refractivity contribution is -0.0511. The average molecular weight is 1090 g/mol. The number of benzene rings is 4. The number of aliphatic hydroxyl groups excluding tert-OH is 6. The number of fused-ring (bicyclic) bond motifs is 2. The zero-order valence-electron chi connectivity index (χ0n) is 43.6. The zero-order chi connectivity index (χ0) is 54.9. The van der Waals surface area contributed by atoms with Crippen molar-refractivity contribution in [1.82, 2.24) is 49.7 Å². The van der Waals surface area contributed by atoms with Gasteiger partial charge in [-0.1, -0.05) is 121 Å². The molecule has 0 spiro atoms. The zero-order valence-corrected chi connectivity index (χ0v) is 43.6. The molecule has 0 radical (unpaired) electrons. The van der Waals surface area contributed by atoms with Gasteiger partial charge in [0.25, 0.3) is 0 Å². The molecular formula is C57H64N14O9. The van der Waals surface area contributed by atoms with Gasteiger partial charge in [-0.15, -0.1) is 0 Å². The Hall–Kier alpha value is -7.87. The molecule has 10 N–H and O–H groups in total. The van der Waals surface area contributed by atoms with E-state index in [1.807, 2.05) is 82.6 Å². The second-order valence-electron chi connectivity index (χ2n) is 20.8. The Kier molecular flexibility index (Phi) is 15.2. The normalized spacial score (nSPS) is 24.9. The van der Waals surface area contributed by atoms with Crippen LogP contribution in [0.1, 0.15) is 59.4 Å². The maximum Gasteiger partial charge on any atom is 0.315 e. The molecule has 0 unspecified atom stereocenters. The van der Waals surface area contributed by atoms with Gasteiger partial charge in [-0.3, -0.25) is 9.13 Å². The monoisotopic (exact) mass is 1090 g/mol. The molecule has 0 bridgehead atoms. The van der Waals surface area contributed by atoms with Crippen molar-refractivity contribution in [2.45, 2.75) is 85.8 Å². The summed E-state index contributed by atoms with van der Waals surface area (Å²) in [5, 5.41) is 76.9. The van der Waals surface area contributed by atoms with Crippen molar-refractivity contribution in [3.8, 4) is 0 Å². The van der Waals surface area contributed by atoms with E-state index < -0.39 is 62.3 Å². The van der Waals surface area contributed by atoms with Crippen molar-refractivity contribution in [2.75, 3.05) is 72.9 Å².